The fourth-order valence-corrected chi connectivity index (χ4v) is 3.27. The Morgan fingerprint density at radius 1 is 1.04 bits per heavy atom. The summed E-state index contributed by atoms with van der Waals surface area (Å²) in [6, 6.07) is 5.77. The third kappa shape index (κ3) is 6.31. The molecule has 0 atom stereocenters. The van der Waals surface area contributed by atoms with Crippen LogP contribution in [0.3, 0.4) is 0 Å². The lowest BCUT2D eigenvalue weighted by atomic mass is 10.1. The zero-order valence-corrected chi connectivity index (χ0v) is 17.0. The summed E-state index contributed by atoms with van der Waals surface area (Å²) in [4.78, 5) is 28.2. The Balaban J connectivity index is 1.80. The molecule has 0 unspecified atom stereocenters. The zero-order valence-electron chi connectivity index (χ0n) is 16.2. The smallest absolute Gasteiger partial charge is 0.223 e. The van der Waals surface area contributed by atoms with Crippen molar-refractivity contribution in [1.82, 2.24) is 9.80 Å². The Morgan fingerprint density at radius 3 is 2.22 bits per heavy atom. The minimum atomic E-state index is 0.121. The topological polar surface area (TPSA) is 59.1 Å². The van der Waals surface area contributed by atoms with Crippen LogP contribution in [0.1, 0.15) is 31.7 Å². The number of amides is 2. The fraction of sp³-hybridized carbons (Fsp3) is 0.600. The second-order valence-corrected chi connectivity index (χ2v) is 6.85. The maximum atomic E-state index is 12.5. The highest BCUT2D eigenvalue weighted by atomic mass is 35.5. The van der Waals surface area contributed by atoms with Crippen LogP contribution in [-0.4, -0.2) is 67.4 Å². The van der Waals surface area contributed by atoms with Gasteiger partial charge < -0.3 is 19.3 Å². The summed E-state index contributed by atoms with van der Waals surface area (Å²) >= 11 is 5.64. The van der Waals surface area contributed by atoms with E-state index in [-0.39, 0.29) is 11.8 Å². The van der Waals surface area contributed by atoms with Gasteiger partial charge in [-0.25, -0.2) is 0 Å². The van der Waals surface area contributed by atoms with Gasteiger partial charge in [-0.05, 0) is 37.5 Å². The molecule has 1 aliphatic heterocycles. The number of carbonyl (C=O) groups is 2. The highest BCUT2D eigenvalue weighted by Gasteiger charge is 2.23. The second kappa shape index (κ2) is 11.0. The Morgan fingerprint density at radius 2 is 1.67 bits per heavy atom. The molecule has 1 aliphatic rings. The number of hydrogen-bond acceptors (Lipinski definition) is 4. The predicted molar refractivity (Wildman–Crippen MR) is 106 cm³/mol. The van der Waals surface area contributed by atoms with Gasteiger partial charge in [-0.2, -0.15) is 0 Å². The van der Waals surface area contributed by atoms with E-state index < -0.39 is 0 Å². The van der Waals surface area contributed by atoms with Crippen LogP contribution in [0, 0.1) is 0 Å². The van der Waals surface area contributed by atoms with Gasteiger partial charge in [0.05, 0.1) is 13.7 Å². The van der Waals surface area contributed by atoms with Crippen LogP contribution in [0.4, 0.5) is 0 Å². The van der Waals surface area contributed by atoms with E-state index in [4.69, 9.17) is 21.1 Å². The minimum absolute atomic E-state index is 0.121. The monoisotopic (exact) mass is 396 g/mol. The molecule has 7 heteroatoms. The fourth-order valence-electron chi connectivity index (χ4n) is 3.13. The molecule has 1 fully saturated rings. The lowest BCUT2D eigenvalue weighted by molar-refractivity contribution is -0.139. The number of hydrogen-bond donors (Lipinski definition) is 0. The molecule has 27 heavy (non-hydrogen) atoms. The van der Waals surface area contributed by atoms with Gasteiger partial charge >= 0.3 is 0 Å². The molecule has 0 radical (unpaired) electrons. The van der Waals surface area contributed by atoms with E-state index >= 15 is 0 Å². The third-order valence-corrected chi connectivity index (χ3v) is 4.93. The van der Waals surface area contributed by atoms with Gasteiger partial charge in [0.25, 0.3) is 0 Å². The number of piperazine rings is 1. The number of halogens is 1. The van der Waals surface area contributed by atoms with Gasteiger partial charge in [0.1, 0.15) is 0 Å². The molecule has 1 heterocycles. The molecular weight excluding hydrogens is 368 g/mol. The molecule has 1 saturated heterocycles. The quantitative estimate of drug-likeness (QED) is 0.602. The molecule has 6 nitrogen and oxygen atoms in total. The van der Waals surface area contributed by atoms with E-state index in [9.17, 15) is 9.59 Å². The van der Waals surface area contributed by atoms with Gasteiger partial charge in [0, 0.05) is 44.9 Å². The Hall–Kier alpha value is -1.95. The first kappa shape index (κ1) is 21.4. The van der Waals surface area contributed by atoms with Crippen LogP contribution in [0.25, 0.3) is 0 Å². The van der Waals surface area contributed by atoms with Crippen LogP contribution < -0.4 is 9.47 Å². The van der Waals surface area contributed by atoms with Crippen LogP contribution in [0.2, 0.25) is 0 Å². The maximum absolute atomic E-state index is 12.5. The summed E-state index contributed by atoms with van der Waals surface area (Å²) in [5.74, 6) is 2.15. The first-order valence-corrected chi connectivity index (χ1v) is 10.0. The van der Waals surface area contributed by atoms with Crippen molar-refractivity contribution in [3.8, 4) is 11.5 Å². The molecule has 2 amide bonds. The predicted octanol–water partition coefficient (Wildman–Crippen LogP) is 2.72. The number of nitrogens with zero attached hydrogens (tertiary/aromatic N) is 2. The Labute approximate surface area is 166 Å². The number of benzene rings is 1. The summed E-state index contributed by atoms with van der Waals surface area (Å²) in [7, 11) is 1.61. The van der Waals surface area contributed by atoms with Gasteiger partial charge in [-0.1, -0.05) is 6.07 Å². The van der Waals surface area contributed by atoms with Gasteiger partial charge in [-0.15, -0.1) is 11.6 Å². The molecule has 1 aromatic carbocycles. The van der Waals surface area contributed by atoms with E-state index in [0.717, 1.165) is 5.56 Å². The number of alkyl halides is 1. The normalized spacial score (nSPS) is 14.2. The standard InChI is InChI=1S/C20H29ClN2O4/c1-3-27-17-8-6-16(15-18(17)26-2)7-9-20(25)23-13-11-22(12-14-23)19(24)5-4-10-21/h6,8,15H,3-5,7,9-14H2,1-2H3. The van der Waals surface area contributed by atoms with E-state index in [1.807, 2.05) is 34.9 Å². The largest absolute Gasteiger partial charge is 0.493 e. The summed E-state index contributed by atoms with van der Waals surface area (Å²) in [6.07, 6.45) is 2.27. The minimum Gasteiger partial charge on any atom is -0.493 e. The summed E-state index contributed by atoms with van der Waals surface area (Å²) in [6.45, 7) is 4.90. The average Bonchev–Trinajstić information content (AvgIpc) is 2.71. The number of aryl methyl sites for hydroxylation is 1. The summed E-state index contributed by atoms with van der Waals surface area (Å²) in [5, 5.41) is 0. The molecule has 150 valence electrons. The molecule has 0 N–H and O–H groups in total. The lowest BCUT2D eigenvalue weighted by Gasteiger charge is -2.35. The van der Waals surface area contributed by atoms with Crippen molar-refractivity contribution in [3.05, 3.63) is 23.8 Å². The van der Waals surface area contributed by atoms with Crippen molar-refractivity contribution in [1.29, 1.82) is 0 Å². The van der Waals surface area contributed by atoms with E-state index in [0.29, 0.717) is 75.8 Å². The lowest BCUT2D eigenvalue weighted by Crippen LogP contribution is -2.50. The average molecular weight is 397 g/mol. The highest BCUT2D eigenvalue weighted by molar-refractivity contribution is 6.17. The van der Waals surface area contributed by atoms with Crippen LogP contribution in [0.5, 0.6) is 11.5 Å². The number of ether oxygens (including phenoxy) is 2. The Bertz CT molecular complexity index is 630. The maximum Gasteiger partial charge on any atom is 0.223 e. The molecular formula is C20H29ClN2O4. The number of rotatable bonds is 9. The van der Waals surface area contributed by atoms with E-state index in [1.165, 1.54) is 0 Å². The van der Waals surface area contributed by atoms with Gasteiger partial charge in [0.15, 0.2) is 11.5 Å². The molecule has 0 spiro atoms. The van der Waals surface area contributed by atoms with Gasteiger partial charge in [0.2, 0.25) is 11.8 Å². The van der Waals surface area contributed by atoms with Crippen molar-refractivity contribution < 1.29 is 19.1 Å². The molecule has 1 aromatic rings. The van der Waals surface area contributed by atoms with Crippen LogP contribution >= 0.6 is 11.6 Å². The highest BCUT2D eigenvalue weighted by Crippen LogP contribution is 2.28. The summed E-state index contributed by atoms with van der Waals surface area (Å²) in [5.41, 5.74) is 1.04. The SMILES string of the molecule is CCOc1ccc(CCC(=O)N2CCN(C(=O)CCCCl)CC2)cc1OC. The molecule has 0 aromatic heterocycles. The van der Waals surface area contributed by atoms with Crippen LogP contribution in [0.15, 0.2) is 18.2 Å². The van der Waals surface area contributed by atoms with Gasteiger partial charge in [-0.3, -0.25) is 9.59 Å². The molecule has 0 bridgehead atoms. The number of carbonyl (C=O) groups excluding carboxylic acids is 2. The summed E-state index contributed by atoms with van der Waals surface area (Å²) < 4.78 is 10.9. The van der Waals surface area contributed by atoms with Crippen molar-refractivity contribution >= 4 is 23.4 Å². The molecule has 0 saturated carbocycles. The second-order valence-electron chi connectivity index (χ2n) is 6.47. The zero-order chi connectivity index (χ0) is 19.6. The van der Waals surface area contributed by atoms with E-state index in [2.05, 4.69) is 0 Å². The van der Waals surface area contributed by atoms with Crippen LogP contribution in [-0.2, 0) is 16.0 Å². The van der Waals surface area contributed by atoms with Crippen molar-refractivity contribution in [2.75, 3.05) is 45.8 Å². The molecule has 2 rings (SSSR count). The van der Waals surface area contributed by atoms with Crippen molar-refractivity contribution in [2.24, 2.45) is 0 Å². The number of methoxy groups -OCH3 is 1. The Kier molecular flexibility index (Phi) is 8.72. The van der Waals surface area contributed by atoms with E-state index in [1.54, 1.807) is 7.11 Å². The first-order chi connectivity index (χ1) is 13.1. The molecule has 0 aliphatic carbocycles. The third-order valence-electron chi connectivity index (χ3n) is 4.66. The first-order valence-electron chi connectivity index (χ1n) is 9.50. The van der Waals surface area contributed by atoms with Crippen molar-refractivity contribution in [2.45, 2.75) is 32.6 Å². The van der Waals surface area contributed by atoms with Crippen molar-refractivity contribution in [3.63, 3.8) is 0 Å².